The van der Waals surface area contributed by atoms with Gasteiger partial charge in [0.1, 0.15) is 13.2 Å². The molecule has 9 heteroatoms. The number of likely N-dealkylation sites (N-methyl/N-ethyl adjacent to an activating group) is 1. The molecular formula is C68H138N2O6P+. The van der Waals surface area contributed by atoms with Gasteiger partial charge in [0.15, 0.2) is 0 Å². The molecule has 77 heavy (non-hydrogen) atoms. The van der Waals surface area contributed by atoms with Crippen LogP contribution in [0.25, 0.3) is 0 Å². The summed E-state index contributed by atoms with van der Waals surface area (Å²) in [6, 6.07) is -0.756. The topological polar surface area (TPSA) is 105 Å². The molecule has 0 heterocycles. The van der Waals surface area contributed by atoms with Crippen molar-refractivity contribution in [2.45, 2.75) is 379 Å². The van der Waals surface area contributed by atoms with E-state index in [-0.39, 0.29) is 19.1 Å². The molecule has 1 amide bonds. The molecule has 0 aliphatic rings. The van der Waals surface area contributed by atoms with Gasteiger partial charge in [0.25, 0.3) is 0 Å². The van der Waals surface area contributed by atoms with Gasteiger partial charge in [-0.05, 0) is 38.5 Å². The predicted octanol–water partition coefficient (Wildman–Crippen LogP) is 21.7. The van der Waals surface area contributed by atoms with Crippen molar-refractivity contribution in [3.63, 3.8) is 0 Å². The average Bonchev–Trinajstić information content (AvgIpc) is 3.39. The normalized spacial score (nSPS) is 13.7. The smallest absolute Gasteiger partial charge is 0.391 e. The third kappa shape index (κ3) is 62.7. The number of quaternary nitrogens is 1. The van der Waals surface area contributed by atoms with Crippen LogP contribution in [-0.4, -0.2) is 73.4 Å². The number of hydrogen-bond acceptors (Lipinski definition) is 5. The highest BCUT2D eigenvalue weighted by atomic mass is 31.2. The summed E-state index contributed by atoms with van der Waals surface area (Å²) in [6.45, 7) is 4.94. The van der Waals surface area contributed by atoms with E-state index in [2.05, 4.69) is 31.3 Å². The Bertz CT molecular complexity index is 1260. The first-order chi connectivity index (χ1) is 37.5. The molecule has 0 aromatic carbocycles. The Morgan fingerprint density at radius 3 is 1.00 bits per heavy atom. The third-order valence-electron chi connectivity index (χ3n) is 16.3. The number of nitrogens with one attached hydrogen (secondary N) is 1. The van der Waals surface area contributed by atoms with Crippen molar-refractivity contribution in [2.75, 3.05) is 40.9 Å². The molecule has 0 rings (SSSR count). The number of phosphoric acid groups is 1. The molecule has 0 bridgehead atoms. The number of unbranched alkanes of at least 4 members (excludes halogenated alkanes) is 50. The molecule has 0 aliphatic heterocycles. The summed E-state index contributed by atoms with van der Waals surface area (Å²) in [5.41, 5.74) is 0. The monoisotopic (exact) mass is 1110 g/mol. The lowest BCUT2D eigenvalue weighted by Gasteiger charge is -2.26. The van der Waals surface area contributed by atoms with Crippen LogP contribution >= 0.6 is 7.82 Å². The summed E-state index contributed by atoms with van der Waals surface area (Å²) < 4.78 is 23.8. The van der Waals surface area contributed by atoms with Gasteiger partial charge in [-0.2, -0.15) is 0 Å². The Balaban J connectivity index is 3.84. The minimum absolute atomic E-state index is 0.0785. The second kappa shape index (κ2) is 59.8. The second-order valence-electron chi connectivity index (χ2n) is 25.3. The lowest BCUT2D eigenvalue weighted by atomic mass is 10.0. The molecule has 0 aromatic heterocycles. The maximum absolute atomic E-state index is 13.0. The van der Waals surface area contributed by atoms with Gasteiger partial charge in [0, 0.05) is 6.42 Å². The highest BCUT2D eigenvalue weighted by Crippen LogP contribution is 2.43. The number of nitrogens with zero attached hydrogens (tertiary/aromatic N) is 1. The van der Waals surface area contributed by atoms with Gasteiger partial charge in [-0.1, -0.05) is 334 Å². The highest BCUT2D eigenvalue weighted by Gasteiger charge is 2.28. The van der Waals surface area contributed by atoms with E-state index in [0.29, 0.717) is 23.9 Å². The molecule has 0 fully saturated rings. The van der Waals surface area contributed by atoms with E-state index in [1.807, 2.05) is 21.1 Å². The first-order valence-electron chi connectivity index (χ1n) is 34.6. The summed E-state index contributed by atoms with van der Waals surface area (Å²) in [4.78, 5) is 23.4. The van der Waals surface area contributed by atoms with Crippen molar-refractivity contribution in [3.05, 3.63) is 12.2 Å². The van der Waals surface area contributed by atoms with Gasteiger partial charge < -0.3 is 19.8 Å². The second-order valence-corrected chi connectivity index (χ2v) is 26.7. The number of hydrogen-bond donors (Lipinski definition) is 3. The fourth-order valence-corrected chi connectivity index (χ4v) is 11.6. The highest BCUT2D eigenvalue weighted by molar-refractivity contribution is 7.47. The zero-order valence-corrected chi connectivity index (χ0v) is 53.6. The van der Waals surface area contributed by atoms with E-state index in [0.717, 1.165) is 38.5 Å². The zero-order valence-electron chi connectivity index (χ0n) is 52.7. The first kappa shape index (κ1) is 76.2. The van der Waals surface area contributed by atoms with Crippen molar-refractivity contribution < 1.29 is 32.9 Å². The Kier molecular flexibility index (Phi) is 59.3. The third-order valence-corrected chi connectivity index (χ3v) is 17.2. The molecule has 0 aromatic rings. The summed E-state index contributed by atoms with van der Waals surface area (Å²) >= 11 is 0. The molecule has 460 valence electrons. The Morgan fingerprint density at radius 1 is 0.429 bits per heavy atom. The number of allylic oxidation sites excluding steroid dienone is 2. The zero-order chi connectivity index (χ0) is 56.3. The largest absolute Gasteiger partial charge is 0.472 e. The number of carbonyl (C=O) groups excluding carboxylic acids is 1. The van der Waals surface area contributed by atoms with Crippen LogP contribution < -0.4 is 5.32 Å². The van der Waals surface area contributed by atoms with Gasteiger partial charge in [-0.15, -0.1) is 0 Å². The van der Waals surface area contributed by atoms with E-state index in [4.69, 9.17) is 9.05 Å². The maximum Gasteiger partial charge on any atom is 0.472 e. The van der Waals surface area contributed by atoms with Gasteiger partial charge in [-0.25, -0.2) is 4.57 Å². The fraction of sp³-hybridized carbons (Fsp3) is 0.956. The Labute approximate surface area is 482 Å². The fourth-order valence-electron chi connectivity index (χ4n) is 10.9. The van der Waals surface area contributed by atoms with E-state index < -0.39 is 20.0 Å². The molecule has 3 atom stereocenters. The molecule has 0 radical (unpaired) electrons. The SMILES string of the molecule is CCCCCCCCCC/C=C\CCCCCCCCCCCCCCCCCCCCCCCCCCCCCC(=O)NC(COP(=O)(O)OCC[N+](C)(C)C)C(O)CCCCCCCCCCCCCCCCCC. The van der Waals surface area contributed by atoms with Crippen molar-refractivity contribution in [3.8, 4) is 0 Å². The van der Waals surface area contributed by atoms with Gasteiger partial charge in [0.2, 0.25) is 5.91 Å². The van der Waals surface area contributed by atoms with Crippen molar-refractivity contribution in [1.82, 2.24) is 5.32 Å². The van der Waals surface area contributed by atoms with Crippen LogP contribution in [0.4, 0.5) is 0 Å². The van der Waals surface area contributed by atoms with Crippen molar-refractivity contribution >= 4 is 13.7 Å². The van der Waals surface area contributed by atoms with E-state index >= 15 is 0 Å². The van der Waals surface area contributed by atoms with Crippen LogP contribution in [-0.2, 0) is 18.4 Å². The molecule has 0 saturated heterocycles. The molecule has 0 aliphatic carbocycles. The number of amides is 1. The van der Waals surface area contributed by atoms with E-state index in [1.54, 1.807) is 0 Å². The van der Waals surface area contributed by atoms with Crippen LogP contribution in [0.1, 0.15) is 367 Å². The molecule has 3 unspecified atom stereocenters. The molecular weight excluding hydrogens is 972 g/mol. The van der Waals surface area contributed by atoms with Gasteiger partial charge in [-0.3, -0.25) is 13.8 Å². The van der Waals surface area contributed by atoms with E-state index in [9.17, 15) is 19.4 Å². The molecule has 0 spiro atoms. The average molecular weight is 1110 g/mol. The van der Waals surface area contributed by atoms with E-state index in [1.165, 1.54) is 302 Å². The molecule has 8 nitrogen and oxygen atoms in total. The Hall–Kier alpha value is -0.760. The lowest BCUT2D eigenvalue weighted by molar-refractivity contribution is -0.870. The summed E-state index contributed by atoms with van der Waals surface area (Å²) in [5, 5.41) is 14.1. The maximum atomic E-state index is 13.0. The molecule has 0 saturated carbocycles. The van der Waals surface area contributed by atoms with Crippen molar-refractivity contribution in [2.24, 2.45) is 0 Å². The number of carbonyl (C=O) groups is 1. The van der Waals surface area contributed by atoms with Crippen LogP contribution in [0, 0.1) is 0 Å². The number of rotatable bonds is 65. The number of aliphatic hydroxyl groups excluding tert-OH is 1. The lowest BCUT2D eigenvalue weighted by Crippen LogP contribution is -2.46. The summed E-state index contributed by atoms with van der Waals surface area (Å²) in [6.07, 6.45) is 76.1. The van der Waals surface area contributed by atoms with Crippen molar-refractivity contribution in [1.29, 1.82) is 0 Å². The summed E-state index contributed by atoms with van der Waals surface area (Å²) in [5.74, 6) is -0.135. The van der Waals surface area contributed by atoms with Crippen LogP contribution in [0.15, 0.2) is 12.2 Å². The van der Waals surface area contributed by atoms with Crippen LogP contribution in [0.5, 0.6) is 0 Å². The number of phosphoric ester groups is 1. The predicted molar refractivity (Wildman–Crippen MR) is 337 cm³/mol. The quantitative estimate of drug-likeness (QED) is 0.0243. The standard InChI is InChI=1S/C68H137N2O6P/c1-6-8-10-12-14-16-18-20-22-24-25-26-27-28-29-30-31-32-33-34-35-36-37-38-39-40-41-42-43-44-45-46-48-50-52-54-56-58-60-62-68(72)69-66(65-76-77(73,74)75-64-63-70(3,4)5)67(71)61-59-57-55-53-51-49-47-23-21-19-17-15-13-11-9-7-2/h24-25,66-67,71H,6-23,26-65H2,1-5H3,(H-,69,72,73,74)/p+1/b25-24-. The minimum atomic E-state index is -4.32. The number of aliphatic hydroxyl groups is 1. The Morgan fingerprint density at radius 2 is 0.701 bits per heavy atom. The molecule has 3 N–H and O–H groups in total. The van der Waals surface area contributed by atoms with Gasteiger partial charge in [0.05, 0.1) is 39.9 Å². The summed E-state index contributed by atoms with van der Waals surface area (Å²) in [7, 11) is 1.64. The van der Waals surface area contributed by atoms with Crippen LogP contribution in [0.2, 0.25) is 0 Å². The van der Waals surface area contributed by atoms with Gasteiger partial charge >= 0.3 is 7.82 Å². The van der Waals surface area contributed by atoms with Crippen LogP contribution in [0.3, 0.4) is 0 Å². The minimum Gasteiger partial charge on any atom is -0.391 e. The first-order valence-corrected chi connectivity index (χ1v) is 36.0.